The van der Waals surface area contributed by atoms with Crippen LogP contribution in [-0.2, 0) is 0 Å². The summed E-state index contributed by atoms with van der Waals surface area (Å²) >= 11 is 0. The normalized spacial score (nSPS) is 17.3. The van der Waals surface area contributed by atoms with E-state index in [2.05, 4.69) is 20.9 Å². The third kappa shape index (κ3) is 6.45. The van der Waals surface area contributed by atoms with Crippen molar-refractivity contribution in [2.45, 2.75) is 32.1 Å². The fraction of sp³-hybridized carbons (Fsp3) is 0.500. The lowest BCUT2D eigenvalue weighted by molar-refractivity contribution is 0.0767. The summed E-state index contributed by atoms with van der Waals surface area (Å²) < 4.78 is 5.89. The molecule has 7 nitrogen and oxygen atoms in total. The van der Waals surface area contributed by atoms with Gasteiger partial charge in [0.1, 0.15) is 17.6 Å². The summed E-state index contributed by atoms with van der Waals surface area (Å²) in [7, 11) is 0. The zero-order chi connectivity index (χ0) is 22.9. The van der Waals surface area contributed by atoms with Crippen molar-refractivity contribution in [3.63, 3.8) is 0 Å². The van der Waals surface area contributed by atoms with Crippen LogP contribution in [0.15, 0.2) is 42.6 Å². The predicted molar refractivity (Wildman–Crippen MR) is 129 cm³/mol. The average molecular weight is 448 g/mol. The fourth-order valence-electron chi connectivity index (χ4n) is 4.53. The molecule has 1 amide bonds. The first-order valence-corrected chi connectivity index (χ1v) is 12.1. The minimum Gasteiger partial charge on any atom is -0.494 e. The highest BCUT2D eigenvalue weighted by Crippen LogP contribution is 2.18. The van der Waals surface area contributed by atoms with E-state index in [1.54, 1.807) is 12.3 Å². The smallest absolute Gasteiger partial charge is 0.253 e. The number of carbonyl (C=O) groups is 1. The Morgan fingerprint density at radius 1 is 0.939 bits per heavy atom. The van der Waals surface area contributed by atoms with E-state index in [9.17, 15) is 4.79 Å². The van der Waals surface area contributed by atoms with Crippen molar-refractivity contribution < 1.29 is 9.53 Å². The van der Waals surface area contributed by atoms with Gasteiger partial charge in [-0.2, -0.15) is 5.26 Å². The van der Waals surface area contributed by atoms with Gasteiger partial charge in [0.05, 0.1) is 12.2 Å². The van der Waals surface area contributed by atoms with Crippen LogP contribution in [0.5, 0.6) is 5.75 Å². The van der Waals surface area contributed by atoms with Gasteiger partial charge in [-0.1, -0.05) is 6.42 Å². The van der Waals surface area contributed by atoms with Crippen LogP contribution in [0, 0.1) is 11.3 Å². The second kappa shape index (κ2) is 11.7. The topological polar surface area (TPSA) is 72.7 Å². The molecule has 2 aromatic rings. The average Bonchev–Trinajstić information content (AvgIpc) is 3.14. The highest BCUT2D eigenvalue weighted by Gasteiger charge is 2.21. The van der Waals surface area contributed by atoms with Crippen molar-refractivity contribution in [1.82, 2.24) is 14.8 Å². The van der Waals surface area contributed by atoms with Crippen LogP contribution in [-0.4, -0.2) is 73.1 Å². The predicted octanol–water partition coefficient (Wildman–Crippen LogP) is 3.56. The van der Waals surface area contributed by atoms with Crippen molar-refractivity contribution in [3.05, 3.63) is 53.7 Å². The quantitative estimate of drug-likeness (QED) is 0.605. The van der Waals surface area contributed by atoms with E-state index in [-0.39, 0.29) is 5.91 Å². The number of hydrogen-bond donors (Lipinski definition) is 0. The molecule has 2 fully saturated rings. The molecule has 33 heavy (non-hydrogen) atoms. The van der Waals surface area contributed by atoms with E-state index in [0.717, 1.165) is 50.6 Å². The van der Waals surface area contributed by atoms with Crippen LogP contribution in [0.4, 0.5) is 5.82 Å². The van der Waals surface area contributed by atoms with Gasteiger partial charge in [0, 0.05) is 44.5 Å². The number of ether oxygens (including phenoxy) is 1. The van der Waals surface area contributed by atoms with Gasteiger partial charge >= 0.3 is 0 Å². The molecule has 4 rings (SSSR count). The molecule has 0 aliphatic carbocycles. The van der Waals surface area contributed by atoms with Crippen LogP contribution < -0.4 is 9.64 Å². The van der Waals surface area contributed by atoms with Gasteiger partial charge in [-0.15, -0.1) is 0 Å². The minimum absolute atomic E-state index is 0.0567. The van der Waals surface area contributed by atoms with E-state index < -0.39 is 0 Å². The highest BCUT2D eigenvalue weighted by atomic mass is 16.5. The SMILES string of the molecule is N#Cc1ccc(N2CCCN(C(=O)c3ccc(OCCCN4CCCCC4)cc3)CC2)nc1. The standard InChI is InChI=1S/C26H33N5O2/c27-20-22-6-11-25(28-21-22)30-15-4-16-31(18-17-30)26(32)23-7-9-24(10-8-23)33-19-5-14-29-12-2-1-3-13-29/h6-11,21H,1-5,12-19H2. The summed E-state index contributed by atoms with van der Waals surface area (Å²) in [5.74, 6) is 1.73. The number of nitrogens with zero attached hydrogens (tertiary/aromatic N) is 5. The molecule has 0 saturated carbocycles. The minimum atomic E-state index is 0.0567. The van der Waals surface area contributed by atoms with Gasteiger partial charge in [-0.25, -0.2) is 4.98 Å². The number of benzene rings is 1. The van der Waals surface area contributed by atoms with Gasteiger partial charge in [0.2, 0.25) is 0 Å². The molecule has 174 valence electrons. The zero-order valence-electron chi connectivity index (χ0n) is 19.3. The Kier molecular flexibility index (Phi) is 8.15. The summed E-state index contributed by atoms with van der Waals surface area (Å²) in [6.45, 7) is 7.17. The summed E-state index contributed by atoms with van der Waals surface area (Å²) in [5, 5.41) is 8.95. The van der Waals surface area contributed by atoms with Crippen molar-refractivity contribution >= 4 is 11.7 Å². The number of hydrogen-bond acceptors (Lipinski definition) is 6. The Morgan fingerprint density at radius 3 is 2.48 bits per heavy atom. The van der Waals surface area contributed by atoms with Crippen molar-refractivity contribution in [2.24, 2.45) is 0 Å². The number of anilines is 1. The largest absolute Gasteiger partial charge is 0.494 e. The molecule has 7 heteroatoms. The molecule has 0 unspecified atom stereocenters. The van der Waals surface area contributed by atoms with Crippen LogP contribution in [0.1, 0.15) is 48.0 Å². The van der Waals surface area contributed by atoms with Crippen LogP contribution >= 0.6 is 0 Å². The summed E-state index contributed by atoms with van der Waals surface area (Å²) in [5.41, 5.74) is 1.25. The summed E-state index contributed by atoms with van der Waals surface area (Å²) in [4.78, 5) is 24.0. The van der Waals surface area contributed by atoms with E-state index in [0.29, 0.717) is 24.3 Å². The van der Waals surface area contributed by atoms with E-state index in [1.807, 2.05) is 35.2 Å². The number of carbonyl (C=O) groups excluding carboxylic acids is 1. The third-order valence-electron chi connectivity index (χ3n) is 6.42. The Labute approximate surface area is 196 Å². The maximum Gasteiger partial charge on any atom is 0.253 e. The van der Waals surface area contributed by atoms with E-state index >= 15 is 0 Å². The van der Waals surface area contributed by atoms with E-state index in [1.165, 1.54) is 32.4 Å². The summed E-state index contributed by atoms with van der Waals surface area (Å²) in [6, 6.07) is 13.3. The second-order valence-corrected chi connectivity index (χ2v) is 8.78. The van der Waals surface area contributed by atoms with Crippen molar-refractivity contribution in [2.75, 3.05) is 57.3 Å². The van der Waals surface area contributed by atoms with Crippen LogP contribution in [0.2, 0.25) is 0 Å². The molecule has 0 radical (unpaired) electrons. The molecule has 0 spiro atoms. The van der Waals surface area contributed by atoms with Gasteiger partial charge in [0.25, 0.3) is 5.91 Å². The fourth-order valence-corrected chi connectivity index (χ4v) is 4.53. The number of likely N-dealkylation sites (tertiary alicyclic amines) is 1. The number of piperidine rings is 1. The molecule has 1 aromatic heterocycles. The molecule has 1 aromatic carbocycles. The molecular formula is C26H33N5O2. The molecule has 0 bridgehead atoms. The van der Waals surface area contributed by atoms with Gasteiger partial charge in [-0.05, 0) is 75.2 Å². The maximum absolute atomic E-state index is 13.0. The Hall–Kier alpha value is -3.11. The zero-order valence-corrected chi connectivity index (χ0v) is 19.3. The molecule has 2 aliphatic heterocycles. The first kappa shape index (κ1) is 23.1. The van der Waals surface area contributed by atoms with Crippen molar-refractivity contribution in [1.29, 1.82) is 5.26 Å². The lowest BCUT2D eigenvalue weighted by Gasteiger charge is -2.26. The molecule has 3 heterocycles. The Balaban J connectivity index is 1.24. The third-order valence-corrected chi connectivity index (χ3v) is 6.42. The monoisotopic (exact) mass is 447 g/mol. The van der Waals surface area contributed by atoms with Crippen molar-refractivity contribution in [3.8, 4) is 11.8 Å². The molecule has 2 aliphatic rings. The molecular weight excluding hydrogens is 414 g/mol. The number of rotatable bonds is 7. The van der Waals surface area contributed by atoms with Gasteiger partial charge in [-0.3, -0.25) is 4.79 Å². The number of nitriles is 1. The number of pyridine rings is 1. The maximum atomic E-state index is 13.0. The second-order valence-electron chi connectivity index (χ2n) is 8.78. The molecule has 0 N–H and O–H groups in total. The van der Waals surface area contributed by atoms with Gasteiger partial charge in [0.15, 0.2) is 0 Å². The van der Waals surface area contributed by atoms with Gasteiger partial charge < -0.3 is 19.4 Å². The van der Waals surface area contributed by atoms with Crippen LogP contribution in [0.3, 0.4) is 0 Å². The summed E-state index contributed by atoms with van der Waals surface area (Å²) in [6.07, 6.45) is 7.50. The Morgan fingerprint density at radius 2 is 1.76 bits per heavy atom. The molecule has 2 saturated heterocycles. The lowest BCUT2D eigenvalue weighted by atomic mass is 10.1. The number of amides is 1. The first-order valence-electron chi connectivity index (χ1n) is 12.1. The van der Waals surface area contributed by atoms with E-state index in [4.69, 9.17) is 10.00 Å². The Bertz CT molecular complexity index is 933. The highest BCUT2D eigenvalue weighted by molar-refractivity contribution is 5.94. The lowest BCUT2D eigenvalue weighted by Crippen LogP contribution is -2.35. The first-order chi connectivity index (χ1) is 16.2. The van der Waals surface area contributed by atoms with Crippen LogP contribution in [0.25, 0.3) is 0 Å². The molecule has 0 atom stereocenters. The number of aromatic nitrogens is 1.